The lowest BCUT2D eigenvalue weighted by Gasteiger charge is -2.22. The fraction of sp³-hybridized carbons (Fsp3) is 0.533. The van der Waals surface area contributed by atoms with Crippen LogP contribution in [0.4, 0.5) is 5.69 Å². The van der Waals surface area contributed by atoms with Gasteiger partial charge in [-0.25, -0.2) is 0 Å². The summed E-state index contributed by atoms with van der Waals surface area (Å²) in [5, 5.41) is 14.1. The molecule has 0 aliphatic carbocycles. The Bertz CT molecular complexity index is 655. The van der Waals surface area contributed by atoms with Crippen molar-refractivity contribution in [3.8, 4) is 6.08 Å². The monoisotopic (exact) mass is 341 g/mol. The van der Waals surface area contributed by atoms with E-state index in [2.05, 4.69) is 10.3 Å². The second-order valence-electron chi connectivity index (χ2n) is 5.59. The lowest BCUT2D eigenvalue weighted by molar-refractivity contribution is -0.384. The van der Waals surface area contributed by atoms with Crippen molar-refractivity contribution < 1.29 is 14.1 Å². The van der Waals surface area contributed by atoms with E-state index < -0.39 is 4.92 Å². The highest BCUT2D eigenvalue weighted by molar-refractivity contribution is 5.85. The molecule has 1 aliphatic heterocycles. The van der Waals surface area contributed by atoms with Crippen LogP contribution in [0.25, 0.3) is 11.1 Å². The summed E-state index contributed by atoms with van der Waals surface area (Å²) >= 11 is 0. The summed E-state index contributed by atoms with van der Waals surface area (Å²) in [7, 11) is 0. The third-order valence-electron chi connectivity index (χ3n) is 3.94. The van der Waals surface area contributed by atoms with Gasteiger partial charge in [-0.05, 0) is 50.8 Å². The van der Waals surface area contributed by atoms with E-state index in [0.29, 0.717) is 17.7 Å². The van der Waals surface area contributed by atoms with Gasteiger partial charge in [-0.3, -0.25) is 10.1 Å². The summed E-state index contributed by atoms with van der Waals surface area (Å²) in [5.41, 5.74) is 0.940. The number of nitrogens with zero attached hydrogens (tertiary/aromatic N) is 2. The number of hydrogen-bond acceptors (Lipinski definition) is 6. The van der Waals surface area contributed by atoms with Crippen LogP contribution in [0.5, 0.6) is 6.08 Å². The molecule has 0 spiro atoms. The zero-order valence-electron chi connectivity index (χ0n) is 12.7. The summed E-state index contributed by atoms with van der Waals surface area (Å²) in [6.07, 6.45) is 4.77. The van der Waals surface area contributed by atoms with E-state index in [0.717, 1.165) is 31.8 Å². The molecule has 0 radical (unpaired) electrons. The number of non-ortho nitro benzene ring substituents is 1. The Labute approximate surface area is 140 Å². The van der Waals surface area contributed by atoms with Crippen LogP contribution in [0.15, 0.2) is 22.6 Å². The first-order chi connectivity index (χ1) is 10.7. The highest BCUT2D eigenvalue weighted by Crippen LogP contribution is 2.25. The fourth-order valence-electron chi connectivity index (χ4n) is 2.77. The number of oxazole rings is 1. The van der Waals surface area contributed by atoms with Gasteiger partial charge in [0.15, 0.2) is 5.58 Å². The maximum Gasteiger partial charge on any atom is 0.394 e. The summed E-state index contributed by atoms with van der Waals surface area (Å²) < 4.78 is 10.9. The molecule has 23 heavy (non-hydrogen) atoms. The Kier molecular flexibility index (Phi) is 6.18. The number of ether oxygens (including phenoxy) is 1. The quantitative estimate of drug-likeness (QED) is 0.492. The predicted molar refractivity (Wildman–Crippen MR) is 88.2 cm³/mol. The van der Waals surface area contributed by atoms with E-state index in [9.17, 15) is 10.1 Å². The van der Waals surface area contributed by atoms with E-state index in [1.165, 1.54) is 25.0 Å². The van der Waals surface area contributed by atoms with E-state index >= 15 is 0 Å². The van der Waals surface area contributed by atoms with E-state index in [1.54, 1.807) is 6.07 Å². The second kappa shape index (κ2) is 8.12. The van der Waals surface area contributed by atoms with Gasteiger partial charge in [0.25, 0.3) is 5.69 Å². The third kappa shape index (κ3) is 4.56. The van der Waals surface area contributed by atoms with Crippen molar-refractivity contribution in [2.45, 2.75) is 25.7 Å². The number of aromatic nitrogens is 1. The minimum absolute atomic E-state index is 0. The minimum atomic E-state index is -0.452. The molecule has 1 N–H and O–H groups in total. The SMILES string of the molecule is Cl.O=[N+]([O-])c1ccc2oc(OCCCC3CCCNC3)nc2c1. The first-order valence-electron chi connectivity index (χ1n) is 7.61. The molecule has 0 bridgehead atoms. The van der Waals surface area contributed by atoms with Crippen molar-refractivity contribution in [1.82, 2.24) is 10.3 Å². The van der Waals surface area contributed by atoms with Gasteiger partial charge in [0.1, 0.15) is 5.52 Å². The van der Waals surface area contributed by atoms with Crippen LogP contribution in [0.3, 0.4) is 0 Å². The van der Waals surface area contributed by atoms with Gasteiger partial charge in [-0.2, -0.15) is 4.98 Å². The largest absolute Gasteiger partial charge is 0.450 e. The van der Waals surface area contributed by atoms with E-state index in [-0.39, 0.29) is 24.2 Å². The first-order valence-corrected chi connectivity index (χ1v) is 7.61. The number of rotatable bonds is 6. The number of nitro benzene ring substituents is 1. The van der Waals surface area contributed by atoms with Crippen LogP contribution < -0.4 is 10.1 Å². The molecule has 1 fully saturated rings. The Morgan fingerprint density at radius 3 is 3.09 bits per heavy atom. The summed E-state index contributed by atoms with van der Waals surface area (Å²) in [4.78, 5) is 14.4. The lowest BCUT2D eigenvalue weighted by Crippen LogP contribution is -2.29. The second-order valence-corrected chi connectivity index (χ2v) is 5.59. The van der Waals surface area contributed by atoms with Crippen LogP contribution in [-0.4, -0.2) is 29.6 Å². The standard InChI is InChI=1S/C15H19N3O4.ClH/c19-18(20)12-5-6-14-13(9-12)17-15(22-14)21-8-2-4-11-3-1-7-16-10-11;/h5-6,9,11,16H,1-4,7-8,10H2;1H. The highest BCUT2D eigenvalue weighted by Gasteiger charge is 2.14. The summed E-state index contributed by atoms with van der Waals surface area (Å²) in [6, 6.07) is 4.33. The van der Waals surface area contributed by atoms with Crippen molar-refractivity contribution in [2.24, 2.45) is 5.92 Å². The molecule has 126 valence electrons. The Balaban J connectivity index is 0.00000192. The maximum atomic E-state index is 10.7. The molecule has 1 saturated heterocycles. The topological polar surface area (TPSA) is 90.4 Å². The van der Waals surface area contributed by atoms with Crippen LogP contribution in [0, 0.1) is 16.0 Å². The van der Waals surface area contributed by atoms with Crippen molar-refractivity contribution >= 4 is 29.2 Å². The Morgan fingerprint density at radius 1 is 1.48 bits per heavy atom. The molecule has 1 atom stereocenters. The Morgan fingerprint density at radius 2 is 2.35 bits per heavy atom. The molecule has 1 aliphatic rings. The molecule has 2 heterocycles. The van der Waals surface area contributed by atoms with Crippen LogP contribution in [0.2, 0.25) is 0 Å². The normalized spacial score (nSPS) is 17.7. The highest BCUT2D eigenvalue weighted by atomic mass is 35.5. The summed E-state index contributed by atoms with van der Waals surface area (Å²) in [5.74, 6) is 0.726. The van der Waals surface area contributed by atoms with Crippen LogP contribution >= 0.6 is 12.4 Å². The molecule has 0 saturated carbocycles. The molecule has 1 aromatic heterocycles. The lowest BCUT2D eigenvalue weighted by atomic mass is 9.95. The molecule has 1 unspecified atom stereocenters. The van der Waals surface area contributed by atoms with Gasteiger partial charge in [0.2, 0.25) is 0 Å². The smallest absolute Gasteiger partial charge is 0.394 e. The first kappa shape index (κ1) is 17.5. The van der Waals surface area contributed by atoms with Crippen LogP contribution in [-0.2, 0) is 0 Å². The molecule has 0 amide bonds. The van der Waals surface area contributed by atoms with Crippen LogP contribution in [0.1, 0.15) is 25.7 Å². The van der Waals surface area contributed by atoms with Gasteiger partial charge in [-0.1, -0.05) is 0 Å². The summed E-state index contributed by atoms with van der Waals surface area (Å²) in [6.45, 7) is 2.76. The zero-order chi connectivity index (χ0) is 15.4. The number of piperidine rings is 1. The van der Waals surface area contributed by atoms with Gasteiger partial charge in [-0.15, -0.1) is 12.4 Å². The number of hydrogen-bond donors (Lipinski definition) is 1. The number of nitro groups is 1. The molecule has 3 rings (SSSR count). The van der Waals surface area contributed by atoms with E-state index in [1.807, 2.05) is 0 Å². The van der Waals surface area contributed by atoms with Crippen molar-refractivity contribution in [3.05, 3.63) is 28.3 Å². The molecule has 1 aromatic carbocycles. The van der Waals surface area contributed by atoms with Gasteiger partial charge >= 0.3 is 6.08 Å². The molecular formula is C15H20ClN3O4. The Hall–Kier alpha value is -1.86. The molecule has 8 heteroatoms. The molecule has 2 aromatic rings. The maximum absolute atomic E-state index is 10.7. The van der Waals surface area contributed by atoms with Crippen molar-refractivity contribution in [3.63, 3.8) is 0 Å². The van der Waals surface area contributed by atoms with E-state index in [4.69, 9.17) is 9.15 Å². The molecular weight excluding hydrogens is 322 g/mol. The number of nitrogens with one attached hydrogen (secondary N) is 1. The van der Waals surface area contributed by atoms with Gasteiger partial charge in [0, 0.05) is 12.1 Å². The fourth-order valence-corrected chi connectivity index (χ4v) is 2.77. The number of benzene rings is 1. The molecule has 7 nitrogen and oxygen atoms in total. The number of halogens is 1. The predicted octanol–water partition coefficient (Wildman–Crippen LogP) is 3.32. The number of fused-ring (bicyclic) bond motifs is 1. The average Bonchev–Trinajstić information content (AvgIpc) is 2.94. The van der Waals surface area contributed by atoms with Gasteiger partial charge < -0.3 is 14.5 Å². The van der Waals surface area contributed by atoms with Gasteiger partial charge in [0.05, 0.1) is 11.5 Å². The van der Waals surface area contributed by atoms with Crippen molar-refractivity contribution in [2.75, 3.05) is 19.7 Å². The third-order valence-corrected chi connectivity index (χ3v) is 3.94. The average molecular weight is 342 g/mol. The minimum Gasteiger partial charge on any atom is -0.450 e. The van der Waals surface area contributed by atoms with Crippen molar-refractivity contribution in [1.29, 1.82) is 0 Å². The zero-order valence-corrected chi connectivity index (χ0v) is 13.5.